The fourth-order valence-corrected chi connectivity index (χ4v) is 3.68. The molecule has 0 bridgehead atoms. The predicted molar refractivity (Wildman–Crippen MR) is 124 cm³/mol. The first kappa shape index (κ1) is 20.8. The first-order chi connectivity index (χ1) is 15.4. The van der Waals surface area contributed by atoms with Crippen molar-refractivity contribution in [2.45, 2.75) is 6.92 Å². The molecule has 0 saturated heterocycles. The van der Waals surface area contributed by atoms with Gasteiger partial charge < -0.3 is 25.9 Å². The van der Waals surface area contributed by atoms with Crippen molar-refractivity contribution in [1.29, 1.82) is 0 Å². The lowest BCUT2D eigenvalue weighted by Crippen LogP contribution is -2.11. The number of aromatic hydroxyl groups is 1. The molecular weight excluding hydrogens is 408 g/mol. The largest absolute Gasteiger partial charge is 0.504 e. The Hall–Kier alpha value is -4.51. The Labute approximate surface area is 183 Å². The lowest BCUT2D eigenvalue weighted by Gasteiger charge is -2.14. The van der Waals surface area contributed by atoms with E-state index in [-0.39, 0.29) is 11.3 Å². The number of primary amides is 1. The zero-order valence-corrected chi connectivity index (χ0v) is 17.4. The molecule has 5 N–H and O–H groups in total. The van der Waals surface area contributed by atoms with Gasteiger partial charge in [0, 0.05) is 35.0 Å². The molecule has 0 radical (unpaired) electrons. The Balaban J connectivity index is 2.12. The van der Waals surface area contributed by atoms with Crippen LogP contribution in [0.4, 0.5) is 5.82 Å². The molecule has 0 aliphatic rings. The van der Waals surface area contributed by atoms with Crippen LogP contribution < -0.4 is 21.3 Å². The van der Waals surface area contributed by atoms with Crippen molar-refractivity contribution in [3.63, 3.8) is 0 Å². The first-order valence-electron chi connectivity index (χ1n) is 9.85. The van der Waals surface area contributed by atoms with E-state index in [2.05, 4.69) is 27.1 Å². The van der Waals surface area contributed by atoms with Crippen LogP contribution >= 0.6 is 0 Å². The number of hydrogen-bond acceptors (Lipinski definition) is 6. The number of rotatable bonds is 4. The van der Waals surface area contributed by atoms with Gasteiger partial charge in [-0.2, -0.15) is 0 Å². The molecular formula is C24H20N4O4. The number of pyridine rings is 2. The highest BCUT2D eigenvalue weighted by molar-refractivity contribution is 6.12. The molecule has 2 heterocycles. The van der Waals surface area contributed by atoms with E-state index in [4.69, 9.17) is 10.5 Å². The molecule has 0 aliphatic heterocycles. The number of nitrogens with two attached hydrogens (primary N) is 1. The molecule has 0 fully saturated rings. The number of aromatic amines is 1. The minimum Gasteiger partial charge on any atom is -0.504 e. The summed E-state index contributed by atoms with van der Waals surface area (Å²) in [6, 6.07) is 10.7. The van der Waals surface area contributed by atoms with Crippen LogP contribution in [0.5, 0.6) is 11.5 Å². The molecule has 8 nitrogen and oxygen atoms in total. The summed E-state index contributed by atoms with van der Waals surface area (Å²) in [6.07, 6.45) is 1.41. The fourth-order valence-electron chi connectivity index (χ4n) is 3.68. The monoisotopic (exact) mass is 428 g/mol. The van der Waals surface area contributed by atoms with Crippen LogP contribution in [0.15, 0.2) is 47.4 Å². The second-order valence-electron chi connectivity index (χ2n) is 6.98. The van der Waals surface area contributed by atoms with Gasteiger partial charge >= 0.3 is 0 Å². The van der Waals surface area contributed by atoms with Crippen molar-refractivity contribution >= 4 is 33.4 Å². The Kier molecular flexibility index (Phi) is 5.39. The number of ether oxygens (including phenoxy) is 1. The number of anilines is 1. The summed E-state index contributed by atoms with van der Waals surface area (Å²) in [6.45, 7) is 2.55. The standard InChI is InChI=1S/C24H20N4O4/c1-3-26-23-16-9-7-13(15-5-4-6-18(29)22(15)32-2)11-17(16)20-21(28-23)14(8-10-19(25)30)12-27-24(20)31/h4-7,9,11-12,29H,3H2,1-2H3,(H2,25,30)(H,26,28)(H,27,31). The first-order valence-corrected chi connectivity index (χ1v) is 9.85. The summed E-state index contributed by atoms with van der Waals surface area (Å²) in [5, 5.41) is 15.1. The summed E-state index contributed by atoms with van der Waals surface area (Å²) in [7, 11) is 1.48. The Morgan fingerprint density at radius 2 is 2.09 bits per heavy atom. The van der Waals surface area contributed by atoms with E-state index in [1.165, 1.54) is 13.3 Å². The number of aromatic nitrogens is 2. The molecule has 2 aromatic heterocycles. The highest BCUT2D eigenvalue weighted by atomic mass is 16.5. The van der Waals surface area contributed by atoms with Gasteiger partial charge in [-0.25, -0.2) is 4.98 Å². The molecule has 0 saturated carbocycles. The summed E-state index contributed by atoms with van der Waals surface area (Å²) in [5.74, 6) is 5.12. The van der Waals surface area contributed by atoms with Gasteiger partial charge in [0.15, 0.2) is 11.5 Å². The molecule has 1 amide bonds. The van der Waals surface area contributed by atoms with Crippen molar-refractivity contribution in [3.05, 3.63) is 58.5 Å². The fraction of sp³-hybridized carbons (Fsp3) is 0.125. The van der Waals surface area contributed by atoms with Crippen molar-refractivity contribution < 1.29 is 14.6 Å². The van der Waals surface area contributed by atoms with Crippen LogP contribution in [-0.4, -0.2) is 34.6 Å². The van der Waals surface area contributed by atoms with Crippen LogP contribution in [0, 0.1) is 11.8 Å². The van der Waals surface area contributed by atoms with Gasteiger partial charge in [-0.15, -0.1) is 0 Å². The summed E-state index contributed by atoms with van der Waals surface area (Å²) in [4.78, 5) is 31.3. The third kappa shape index (κ3) is 3.56. The number of nitrogens with one attached hydrogen (secondary N) is 2. The van der Waals surface area contributed by atoms with Gasteiger partial charge in [0.1, 0.15) is 5.82 Å². The van der Waals surface area contributed by atoms with E-state index >= 15 is 0 Å². The average Bonchev–Trinajstić information content (AvgIpc) is 2.78. The normalized spacial score (nSPS) is 10.6. The van der Waals surface area contributed by atoms with Gasteiger partial charge in [-0.05, 0) is 24.6 Å². The number of benzene rings is 2. The van der Waals surface area contributed by atoms with E-state index in [0.717, 1.165) is 10.9 Å². The number of methoxy groups -OCH3 is 1. The number of fused-ring (bicyclic) bond motifs is 3. The van der Waals surface area contributed by atoms with Crippen LogP contribution in [0.1, 0.15) is 12.5 Å². The molecule has 0 atom stereocenters. The number of H-pyrrole nitrogens is 1. The maximum absolute atomic E-state index is 12.9. The van der Waals surface area contributed by atoms with Crippen molar-refractivity contribution in [2.24, 2.45) is 5.73 Å². The van der Waals surface area contributed by atoms with Gasteiger partial charge in [0.05, 0.1) is 23.6 Å². The topological polar surface area (TPSA) is 130 Å². The molecule has 4 aromatic rings. The van der Waals surface area contributed by atoms with Gasteiger partial charge in [-0.3, -0.25) is 9.59 Å². The number of para-hydroxylation sites is 1. The van der Waals surface area contributed by atoms with Crippen LogP contribution in [0.2, 0.25) is 0 Å². The van der Waals surface area contributed by atoms with Crippen LogP contribution in [0.3, 0.4) is 0 Å². The second-order valence-corrected chi connectivity index (χ2v) is 6.98. The third-order valence-electron chi connectivity index (χ3n) is 5.01. The Bertz CT molecular complexity index is 1500. The number of carbonyl (C=O) groups excluding carboxylic acids is 1. The number of phenolic OH excluding ortho intramolecular Hbond substituents is 1. The maximum atomic E-state index is 12.9. The zero-order valence-electron chi connectivity index (χ0n) is 17.4. The van der Waals surface area contributed by atoms with Crippen LogP contribution in [-0.2, 0) is 4.79 Å². The second kappa shape index (κ2) is 8.32. The summed E-state index contributed by atoms with van der Waals surface area (Å²) < 4.78 is 5.38. The lowest BCUT2D eigenvalue weighted by molar-refractivity contribution is -0.112. The third-order valence-corrected chi connectivity index (χ3v) is 5.01. The van der Waals surface area contributed by atoms with Gasteiger partial charge in [-0.1, -0.05) is 30.2 Å². The smallest absolute Gasteiger partial charge is 0.293 e. The lowest BCUT2D eigenvalue weighted by atomic mass is 9.98. The van der Waals surface area contributed by atoms with E-state index in [1.54, 1.807) is 12.1 Å². The van der Waals surface area contributed by atoms with E-state index in [0.29, 0.717) is 45.5 Å². The quantitative estimate of drug-likeness (QED) is 0.292. The minimum absolute atomic E-state index is 0.0138. The summed E-state index contributed by atoms with van der Waals surface area (Å²) >= 11 is 0. The molecule has 2 aromatic carbocycles. The van der Waals surface area contributed by atoms with Crippen LogP contribution in [0.25, 0.3) is 32.8 Å². The number of amides is 1. The number of nitrogens with zero attached hydrogens (tertiary/aromatic N) is 1. The molecule has 0 unspecified atom stereocenters. The zero-order chi connectivity index (χ0) is 22.8. The van der Waals surface area contributed by atoms with Crippen molar-refractivity contribution in [2.75, 3.05) is 19.0 Å². The minimum atomic E-state index is -0.782. The Morgan fingerprint density at radius 1 is 1.28 bits per heavy atom. The predicted octanol–water partition coefficient (Wildman–Crippen LogP) is 2.73. The maximum Gasteiger partial charge on any atom is 0.293 e. The van der Waals surface area contributed by atoms with E-state index in [9.17, 15) is 14.7 Å². The van der Waals surface area contributed by atoms with E-state index in [1.807, 2.05) is 31.2 Å². The SMILES string of the molecule is CCNc1nc2c(C#CC(N)=O)c[nH]c(=O)c2c2cc(-c3cccc(O)c3OC)ccc12. The molecule has 4 rings (SSSR count). The number of carbonyl (C=O) groups is 1. The van der Waals surface area contributed by atoms with Gasteiger partial charge in [0.2, 0.25) is 0 Å². The van der Waals surface area contributed by atoms with Gasteiger partial charge in [0.25, 0.3) is 11.5 Å². The molecule has 32 heavy (non-hydrogen) atoms. The molecule has 0 spiro atoms. The molecule has 8 heteroatoms. The van der Waals surface area contributed by atoms with Crippen molar-refractivity contribution in [3.8, 4) is 34.5 Å². The average molecular weight is 428 g/mol. The molecule has 0 aliphatic carbocycles. The Morgan fingerprint density at radius 3 is 2.81 bits per heavy atom. The highest BCUT2D eigenvalue weighted by Gasteiger charge is 2.16. The number of hydrogen-bond donors (Lipinski definition) is 4. The summed E-state index contributed by atoms with van der Waals surface area (Å²) in [5.41, 5.74) is 6.96. The number of phenols is 1. The highest BCUT2D eigenvalue weighted by Crippen LogP contribution is 2.39. The molecule has 160 valence electrons. The van der Waals surface area contributed by atoms with E-state index < -0.39 is 5.91 Å². The van der Waals surface area contributed by atoms with Crippen molar-refractivity contribution in [1.82, 2.24) is 9.97 Å².